The van der Waals surface area contributed by atoms with Crippen molar-refractivity contribution in [1.82, 2.24) is 0 Å². The van der Waals surface area contributed by atoms with Gasteiger partial charge in [0.15, 0.2) is 6.73 Å². The second kappa shape index (κ2) is 11.4. The van der Waals surface area contributed by atoms with E-state index in [4.69, 9.17) is 9.84 Å². The first-order chi connectivity index (χ1) is 11.1. The van der Waals surface area contributed by atoms with Crippen LogP contribution in [0.1, 0.15) is 39.5 Å². The Morgan fingerprint density at radius 2 is 2.00 bits per heavy atom. The van der Waals surface area contributed by atoms with Gasteiger partial charge in [-0.25, -0.2) is 0 Å². The fourth-order valence-corrected chi connectivity index (χ4v) is 2.49. The summed E-state index contributed by atoms with van der Waals surface area (Å²) in [7, 11) is 0.169. The van der Waals surface area contributed by atoms with Crippen LogP contribution in [-0.4, -0.2) is 64.5 Å². The van der Waals surface area contributed by atoms with Crippen molar-refractivity contribution in [1.29, 1.82) is 0 Å². The van der Waals surface area contributed by atoms with Crippen LogP contribution < -0.4 is 5.11 Å². The highest BCUT2D eigenvalue weighted by Crippen LogP contribution is 2.09. The molecule has 1 rings (SSSR count). The van der Waals surface area contributed by atoms with Gasteiger partial charge in [0.1, 0.15) is 12.3 Å². The average Bonchev–Trinajstić information content (AvgIpc) is 2.40. The van der Waals surface area contributed by atoms with Gasteiger partial charge in [0, 0.05) is 5.90 Å². The van der Waals surface area contributed by atoms with E-state index in [1.54, 1.807) is 0 Å². The zero-order valence-corrected chi connectivity index (χ0v) is 15.8. The number of aliphatic hydroxyl groups is 1. The molecule has 0 aromatic carbocycles. The summed E-state index contributed by atoms with van der Waals surface area (Å²) in [5, 5.41) is 19.2. The van der Waals surface area contributed by atoms with Gasteiger partial charge in [0.25, 0.3) is 0 Å². The highest BCUT2D eigenvalue weighted by molar-refractivity contribution is 7.85. The largest absolute Gasteiger partial charge is 0.858 e. The smallest absolute Gasteiger partial charge is 0.427 e. The Bertz CT molecular complexity index is 514. The van der Waals surface area contributed by atoms with Gasteiger partial charge in [-0.2, -0.15) is 8.42 Å². The number of nitrogens with zero attached hydrogens (tertiary/aromatic N) is 2. The minimum Gasteiger partial charge on any atom is -0.858 e. The minimum atomic E-state index is -3.97. The van der Waals surface area contributed by atoms with E-state index in [2.05, 4.69) is 29.6 Å². The van der Waals surface area contributed by atoms with E-state index in [9.17, 15) is 13.5 Å². The summed E-state index contributed by atoms with van der Waals surface area (Å²) in [4.78, 5) is 0. The quantitative estimate of drug-likeness (QED) is 0.362. The maximum absolute atomic E-state index is 10.4. The normalized spacial score (nSPS) is 16.4. The molecule has 0 radical (unpaired) electrons. The number of aliphatic hydroxyl groups excluding tert-OH is 1. The number of rotatable bonds is 9. The molecule has 0 aromatic heterocycles. The standard InChI is InChI=1S/C11H26NO2.C4H5NO4S/c1-4-5-6-7-10-14-11-12(2,3)8-9-13;1-3-2-4(6)5-10(7,8)9-3/h13H,4-11H2,1-3H3;2H,1H3,(H,5,6)/q+1;/p-1. The maximum Gasteiger partial charge on any atom is 0.427 e. The second-order valence-corrected chi connectivity index (χ2v) is 7.38. The fourth-order valence-electron chi connectivity index (χ4n) is 1.80. The van der Waals surface area contributed by atoms with Crippen molar-refractivity contribution in [2.24, 2.45) is 4.40 Å². The number of quaternary nitrogens is 1. The van der Waals surface area contributed by atoms with Gasteiger partial charge in [-0.1, -0.05) is 26.2 Å². The number of likely N-dealkylation sites (N-methyl/N-ethyl adjacent to an activating group) is 1. The molecule has 1 aliphatic heterocycles. The van der Waals surface area contributed by atoms with E-state index >= 15 is 0 Å². The predicted octanol–water partition coefficient (Wildman–Crippen LogP) is 0.534. The molecule has 0 unspecified atom stereocenters. The van der Waals surface area contributed by atoms with Crippen LogP contribution in [0.4, 0.5) is 0 Å². The lowest BCUT2D eigenvalue weighted by Gasteiger charge is -2.28. The Morgan fingerprint density at radius 1 is 1.33 bits per heavy atom. The molecule has 0 atom stereocenters. The van der Waals surface area contributed by atoms with Gasteiger partial charge in [-0.3, -0.25) is 0 Å². The summed E-state index contributed by atoms with van der Waals surface area (Å²) in [6.07, 6.45) is 6.00. The molecule has 0 amide bonds. The van der Waals surface area contributed by atoms with Crippen molar-refractivity contribution < 1.29 is 32.0 Å². The summed E-state index contributed by atoms with van der Waals surface area (Å²) in [6.45, 7) is 6.12. The molecule has 8 nitrogen and oxygen atoms in total. The first-order valence-electron chi connectivity index (χ1n) is 8.02. The molecule has 24 heavy (non-hydrogen) atoms. The van der Waals surface area contributed by atoms with Crippen molar-refractivity contribution >= 4 is 16.2 Å². The third-order valence-electron chi connectivity index (χ3n) is 3.05. The second-order valence-electron chi connectivity index (χ2n) is 6.18. The Morgan fingerprint density at radius 3 is 2.50 bits per heavy atom. The molecule has 1 heterocycles. The molecule has 0 bridgehead atoms. The molecule has 0 saturated heterocycles. The Kier molecular flexibility index (Phi) is 10.9. The van der Waals surface area contributed by atoms with E-state index in [-0.39, 0.29) is 12.4 Å². The average molecular weight is 366 g/mol. The van der Waals surface area contributed by atoms with Crippen LogP contribution in [0.25, 0.3) is 0 Å². The topological polar surface area (TPSA) is 108 Å². The van der Waals surface area contributed by atoms with Gasteiger partial charge in [-0.05, 0) is 19.4 Å². The van der Waals surface area contributed by atoms with E-state index in [0.29, 0.717) is 6.73 Å². The number of hydrogen-bond donors (Lipinski definition) is 1. The fraction of sp³-hybridized carbons (Fsp3) is 0.800. The van der Waals surface area contributed by atoms with Crippen molar-refractivity contribution in [2.75, 3.05) is 40.6 Å². The molecule has 9 heteroatoms. The van der Waals surface area contributed by atoms with Gasteiger partial charge in [0.05, 0.1) is 27.3 Å². The molecular weight excluding hydrogens is 336 g/mol. The molecule has 0 aliphatic carbocycles. The van der Waals surface area contributed by atoms with Crippen LogP contribution in [0.3, 0.4) is 0 Å². The van der Waals surface area contributed by atoms with Crippen molar-refractivity contribution in [3.63, 3.8) is 0 Å². The lowest BCUT2D eigenvalue weighted by atomic mass is 10.2. The summed E-state index contributed by atoms with van der Waals surface area (Å²) in [5.41, 5.74) is 0. The summed E-state index contributed by atoms with van der Waals surface area (Å²) < 4.78 is 34.0. The number of unbranched alkanes of at least 4 members (excludes halogenated alkanes) is 3. The minimum absolute atomic E-state index is 0.0417. The molecule has 1 aliphatic rings. The first-order valence-corrected chi connectivity index (χ1v) is 9.38. The summed E-state index contributed by atoms with van der Waals surface area (Å²) in [6, 6.07) is 0. The van der Waals surface area contributed by atoms with Crippen LogP contribution >= 0.6 is 0 Å². The van der Waals surface area contributed by atoms with Gasteiger partial charge >= 0.3 is 10.3 Å². The van der Waals surface area contributed by atoms with Crippen molar-refractivity contribution in [3.05, 3.63) is 11.8 Å². The summed E-state index contributed by atoms with van der Waals surface area (Å²) in [5.74, 6) is -0.760. The number of ether oxygens (including phenoxy) is 1. The summed E-state index contributed by atoms with van der Waals surface area (Å²) >= 11 is 0. The Hall–Kier alpha value is -1.16. The van der Waals surface area contributed by atoms with Crippen molar-refractivity contribution in [3.8, 4) is 0 Å². The highest BCUT2D eigenvalue weighted by atomic mass is 32.2. The molecular formula is C15H30N2O6S. The van der Waals surface area contributed by atoms with E-state index < -0.39 is 16.2 Å². The third kappa shape index (κ3) is 12.3. The number of hydrogen-bond acceptors (Lipinski definition) is 6. The highest BCUT2D eigenvalue weighted by Gasteiger charge is 2.13. The predicted molar refractivity (Wildman–Crippen MR) is 90.2 cm³/mol. The van der Waals surface area contributed by atoms with E-state index in [1.165, 1.54) is 26.2 Å². The molecule has 0 fully saturated rings. The van der Waals surface area contributed by atoms with Crippen molar-refractivity contribution in [2.45, 2.75) is 39.5 Å². The monoisotopic (exact) mass is 366 g/mol. The Labute approximate surface area is 145 Å². The van der Waals surface area contributed by atoms with Crippen LogP contribution in [0.5, 0.6) is 0 Å². The lowest BCUT2D eigenvalue weighted by molar-refractivity contribution is -0.910. The van der Waals surface area contributed by atoms with Crippen LogP contribution in [0.2, 0.25) is 0 Å². The molecule has 0 spiro atoms. The van der Waals surface area contributed by atoms with Crippen LogP contribution in [0, 0.1) is 0 Å². The van der Waals surface area contributed by atoms with E-state index in [0.717, 1.165) is 30.1 Å². The molecule has 142 valence electrons. The van der Waals surface area contributed by atoms with Gasteiger partial charge in [-0.15, -0.1) is 4.40 Å². The molecule has 0 saturated carbocycles. The first kappa shape index (κ1) is 22.8. The molecule has 0 aromatic rings. The zero-order valence-electron chi connectivity index (χ0n) is 15.0. The van der Waals surface area contributed by atoms with Gasteiger partial charge in [0.2, 0.25) is 0 Å². The van der Waals surface area contributed by atoms with E-state index in [1.807, 2.05) is 0 Å². The Balaban J connectivity index is 0.000000463. The third-order valence-corrected chi connectivity index (χ3v) is 3.93. The van der Waals surface area contributed by atoms with Crippen LogP contribution in [-0.2, 0) is 19.2 Å². The zero-order chi connectivity index (χ0) is 18.6. The molecule has 1 N–H and O–H groups in total. The van der Waals surface area contributed by atoms with Gasteiger partial charge < -0.3 is 23.6 Å². The lowest BCUT2D eigenvalue weighted by Crippen LogP contribution is -2.43. The van der Waals surface area contributed by atoms with Crippen LogP contribution in [0.15, 0.2) is 16.2 Å². The maximum atomic E-state index is 10.4. The number of allylic oxidation sites excluding steroid dienone is 1. The SMILES string of the molecule is CC1=CC([O-])=NS(=O)(=O)O1.CCCCCCOC[N+](C)(C)CCO.